The molecule has 4 nitrogen and oxygen atoms in total. The number of esters is 1. The number of hydrogen-bond donors (Lipinski definition) is 2. The Labute approximate surface area is 130 Å². The van der Waals surface area contributed by atoms with E-state index in [9.17, 15) is 4.79 Å². The molecule has 0 fully saturated rings. The molecule has 3 N–H and O–H groups in total. The molecule has 104 valence electrons. The number of rotatable bonds is 3. The van der Waals surface area contributed by atoms with Gasteiger partial charge >= 0.3 is 5.97 Å². The highest BCUT2D eigenvalue weighted by Crippen LogP contribution is 2.31. The number of anilines is 3. The summed E-state index contributed by atoms with van der Waals surface area (Å²) in [6.45, 7) is 0. The van der Waals surface area contributed by atoms with Gasteiger partial charge in [0.25, 0.3) is 0 Å². The number of carbonyl (C=O) groups excluding carboxylic acids is 1. The van der Waals surface area contributed by atoms with Gasteiger partial charge in [0.05, 0.1) is 24.0 Å². The van der Waals surface area contributed by atoms with Gasteiger partial charge in [0.1, 0.15) is 0 Å². The zero-order valence-corrected chi connectivity index (χ0v) is 13.0. The monoisotopic (exact) mass is 354 g/mol. The van der Waals surface area contributed by atoms with Gasteiger partial charge in [0.15, 0.2) is 0 Å². The van der Waals surface area contributed by atoms with Crippen LogP contribution in [0, 0.1) is 0 Å². The summed E-state index contributed by atoms with van der Waals surface area (Å²) in [6, 6.07) is 10.3. The number of methoxy groups -OCH3 is 1. The minimum absolute atomic E-state index is 0.361. The summed E-state index contributed by atoms with van der Waals surface area (Å²) in [5.74, 6) is -0.460. The first-order valence-electron chi connectivity index (χ1n) is 5.71. The van der Waals surface area contributed by atoms with E-state index in [1.807, 2.05) is 6.07 Å². The highest BCUT2D eigenvalue weighted by atomic mass is 79.9. The molecule has 2 aromatic carbocycles. The van der Waals surface area contributed by atoms with Crippen LogP contribution in [0.2, 0.25) is 5.02 Å². The van der Waals surface area contributed by atoms with E-state index in [0.717, 1.165) is 10.2 Å². The first kappa shape index (κ1) is 14.7. The number of ether oxygens (including phenoxy) is 1. The predicted octanol–water partition coefficient (Wildman–Crippen LogP) is 4.21. The number of nitrogens with one attached hydrogen (secondary N) is 1. The first-order chi connectivity index (χ1) is 9.51. The topological polar surface area (TPSA) is 64.3 Å². The zero-order chi connectivity index (χ0) is 14.7. The van der Waals surface area contributed by atoms with E-state index in [0.29, 0.717) is 22.0 Å². The Kier molecular flexibility index (Phi) is 4.52. The summed E-state index contributed by atoms with van der Waals surface area (Å²) in [5, 5.41) is 3.73. The Morgan fingerprint density at radius 1 is 1.25 bits per heavy atom. The third-order valence-electron chi connectivity index (χ3n) is 2.65. The maximum absolute atomic E-state index is 11.8. The molecule has 0 amide bonds. The standard InChI is InChI=1S/C14H12BrClN2O2/c1-20-14(19)10-7-9(17)3-5-12(10)18-13-6-8(16)2-4-11(13)15/h2-7,18H,17H2,1H3. The molecule has 0 radical (unpaired) electrons. The van der Waals surface area contributed by atoms with Gasteiger partial charge in [-0.05, 0) is 52.3 Å². The largest absolute Gasteiger partial charge is 0.465 e. The average Bonchev–Trinajstić information content (AvgIpc) is 2.43. The van der Waals surface area contributed by atoms with E-state index in [-0.39, 0.29) is 0 Å². The molecule has 0 aromatic heterocycles. The third-order valence-corrected chi connectivity index (χ3v) is 3.57. The van der Waals surface area contributed by atoms with E-state index in [4.69, 9.17) is 22.1 Å². The van der Waals surface area contributed by atoms with Crippen LogP contribution in [0.4, 0.5) is 17.1 Å². The second-order valence-electron chi connectivity index (χ2n) is 4.05. The Morgan fingerprint density at radius 2 is 2.00 bits per heavy atom. The van der Waals surface area contributed by atoms with Gasteiger partial charge in [-0.3, -0.25) is 0 Å². The van der Waals surface area contributed by atoms with Gasteiger partial charge in [0, 0.05) is 15.2 Å². The lowest BCUT2D eigenvalue weighted by molar-refractivity contribution is 0.0602. The molecule has 0 saturated carbocycles. The van der Waals surface area contributed by atoms with Gasteiger partial charge in [-0.25, -0.2) is 4.79 Å². The Hall–Kier alpha value is -1.72. The highest BCUT2D eigenvalue weighted by molar-refractivity contribution is 9.10. The molecule has 0 saturated heterocycles. The molecule has 0 spiro atoms. The van der Waals surface area contributed by atoms with Gasteiger partial charge < -0.3 is 15.8 Å². The van der Waals surface area contributed by atoms with Crippen molar-refractivity contribution in [3.63, 3.8) is 0 Å². The normalized spacial score (nSPS) is 10.2. The van der Waals surface area contributed by atoms with Crippen LogP contribution < -0.4 is 11.1 Å². The summed E-state index contributed by atoms with van der Waals surface area (Å²) >= 11 is 9.38. The van der Waals surface area contributed by atoms with Crippen LogP contribution in [0.15, 0.2) is 40.9 Å². The van der Waals surface area contributed by atoms with E-state index in [1.165, 1.54) is 7.11 Å². The van der Waals surface area contributed by atoms with Crippen molar-refractivity contribution < 1.29 is 9.53 Å². The molecule has 2 aromatic rings. The van der Waals surface area contributed by atoms with E-state index < -0.39 is 5.97 Å². The molecule has 0 unspecified atom stereocenters. The minimum atomic E-state index is -0.460. The Morgan fingerprint density at radius 3 is 2.70 bits per heavy atom. The fourth-order valence-electron chi connectivity index (χ4n) is 1.69. The molecule has 0 aliphatic heterocycles. The summed E-state index contributed by atoms with van der Waals surface area (Å²) in [4.78, 5) is 11.8. The smallest absolute Gasteiger partial charge is 0.340 e. The first-order valence-corrected chi connectivity index (χ1v) is 6.88. The van der Waals surface area contributed by atoms with Crippen LogP contribution in [0.1, 0.15) is 10.4 Å². The predicted molar refractivity (Wildman–Crippen MR) is 84.6 cm³/mol. The summed E-state index contributed by atoms with van der Waals surface area (Å²) in [6.07, 6.45) is 0. The minimum Gasteiger partial charge on any atom is -0.465 e. The molecule has 0 aliphatic carbocycles. The van der Waals surface area contributed by atoms with Crippen molar-refractivity contribution in [2.24, 2.45) is 0 Å². The lowest BCUT2D eigenvalue weighted by Gasteiger charge is -2.13. The van der Waals surface area contributed by atoms with Crippen LogP contribution in [-0.2, 0) is 4.74 Å². The van der Waals surface area contributed by atoms with Crippen molar-refractivity contribution >= 4 is 50.6 Å². The molecule has 6 heteroatoms. The van der Waals surface area contributed by atoms with Crippen molar-refractivity contribution in [1.29, 1.82) is 0 Å². The fraction of sp³-hybridized carbons (Fsp3) is 0.0714. The van der Waals surface area contributed by atoms with Crippen LogP contribution in [0.3, 0.4) is 0 Å². The van der Waals surface area contributed by atoms with E-state index in [1.54, 1.807) is 30.3 Å². The number of nitrogens with two attached hydrogens (primary N) is 1. The molecular formula is C14H12BrClN2O2. The number of nitrogen functional groups attached to an aromatic ring is 1. The second kappa shape index (κ2) is 6.15. The van der Waals surface area contributed by atoms with Crippen molar-refractivity contribution in [1.82, 2.24) is 0 Å². The van der Waals surface area contributed by atoms with Crippen molar-refractivity contribution in [3.05, 3.63) is 51.5 Å². The molecule has 0 aliphatic rings. The fourth-order valence-corrected chi connectivity index (χ4v) is 2.21. The van der Waals surface area contributed by atoms with Gasteiger partial charge in [-0.15, -0.1) is 0 Å². The Bertz CT molecular complexity index is 662. The number of hydrogen-bond acceptors (Lipinski definition) is 4. The summed E-state index contributed by atoms with van der Waals surface area (Å²) in [7, 11) is 1.32. The van der Waals surface area contributed by atoms with Gasteiger partial charge in [0.2, 0.25) is 0 Å². The molecule has 2 rings (SSSR count). The highest BCUT2D eigenvalue weighted by Gasteiger charge is 2.13. The van der Waals surface area contributed by atoms with Gasteiger partial charge in [-0.1, -0.05) is 11.6 Å². The van der Waals surface area contributed by atoms with Crippen LogP contribution in [0.5, 0.6) is 0 Å². The zero-order valence-electron chi connectivity index (χ0n) is 10.6. The maximum Gasteiger partial charge on any atom is 0.340 e. The number of halogens is 2. The van der Waals surface area contributed by atoms with Crippen molar-refractivity contribution in [2.75, 3.05) is 18.2 Å². The third kappa shape index (κ3) is 3.23. The van der Waals surface area contributed by atoms with Crippen LogP contribution in [-0.4, -0.2) is 13.1 Å². The molecule has 20 heavy (non-hydrogen) atoms. The molecule has 0 heterocycles. The molecule has 0 atom stereocenters. The van der Waals surface area contributed by atoms with Crippen molar-refractivity contribution in [2.45, 2.75) is 0 Å². The molecule has 0 bridgehead atoms. The average molecular weight is 356 g/mol. The summed E-state index contributed by atoms with van der Waals surface area (Å²) in [5.41, 5.74) is 7.88. The molecular weight excluding hydrogens is 344 g/mol. The second-order valence-corrected chi connectivity index (χ2v) is 5.34. The SMILES string of the molecule is COC(=O)c1cc(N)ccc1Nc1cc(Cl)ccc1Br. The van der Waals surface area contributed by atoms with Gasteiger partial charge in [-0.2, -0.15) is 0 Å². The van der Waals surface area contributed by atoms with Crippen LogP contribution in [0.25, 0.3) is 0 Å². The maximum atomic E-state index is 11.8. The lowest BCUT2D eigenvalue weighted by atomic mass is 10.1. The summed E-state index contributed by atoms with van der Waals surface area (Å²) < 4.78 is 5.58. The Balaban J connectivity index is 2.43. The van der Waals surface area contributed by atoms with E-state index >= 15 is 0 Å². The number of carbonyl (C=O) groups is 1. The van der Waals surface area contributed by atoms with Crippen LogP contribution >= 0.6 is 27.5 Å². The van der Waals surface area contributed by atoms with Crippen molar-refractivity contribution in [3.8, 4) is 0 Å². The quantitative estimate of drug-likeness (QED) is 0.639. The lowest BCUT2D eigenvalue weighted by Crippen LogP contribution is -2.06. The number of benzene rings is 2. The van der Waals surface area contributed by atoms with E-state index in [2.05, 4.69) is 21.2 Å².